The molecule has 1 aliphatic heterocycles. The first-order chi connectivity index (χ1) is 11.3. The van der Waals surface area contributed by atoms with Gasteiger partial charge in [0.25, 0.3) is 0 Å². The Kier molecular flexibility index (Phi) is 4.84. The Hall–Kier alpha value is -1.21. The summed E-state index contributed by atoms with van der Waals surface area (Å²) in [6, 6.07) is 0. The zero-order valence-electron chi connectivity index (χ0n) is 14.7. The van der Waals surface area contributed by atoms with Gasteiger partial charge in [0, 0.05) is 29.4 Å². The molecule has 4 N–H and O–H groups in total. The molecule has 1 aromatic heterocycles. The summed E-state index contributed by atoms with van der Waals surface area (Å²) in [5.74, 6) is 4.77. The summed E-state index contributed by atoms with van der Waals surface area (Å²) >= 11 is 1.70. The van der Waals surface area contributed by atoms with Crippen LogP contribution >= 0.6 is 11.3 Å². The maximum Gasteiger partial charge on any atom is 0.337 e. The van der Waals surface area contributed by atoms with Crippen LogP contribution in [0.2, 0.25) is 0 Å². The second-order valence-electron chi connectivity index (χ2n) is 7.80. The number of nitrogens with two attached hydrogens (primary N) is 1. The number of hydrogen-bond donors (Lipinski definition) is 3. The molecular weight excluding hydrogens is 322 g/mol. The van der Waals surface area contributed by atoms with Crippen molar-refractivity contribution in [2.75, 3.05) is 26.7 Å². The van der Waals surface area contributed by atoms with Crippen molar-refractivity contribution in [2.24, 2.45) is 11.3 Å². The van der Waals surface area contributed by atoms with E-state index in [4.69, 9.17) is 5.84 Å². The summed E-state index contributed by atoms with van der Waals surface area (Å²) < 4.78 is 0. The van der Waals surface area contributed by atoms with Gasteiger partial charge < -0.3 is 10.0 Å². The van der Waals surface area contributed by atoms with Crippen molar-refractivity contribution in [1.82, 2.24) is 10.3 Å². The van der Waals surface area contributed by atoms with Crippen molar-refractivity contribution in [3.63, 3.8) is 0 Å². The minimum Gasteiger partial charge on any atom is -0.478 e. The third-order valence-corrected chi connectivity index (χ3v) is 6.56. The predicted molar refractivity (Wildman–Crippen MR) is 98.3 cm³/mol. The van der Waals surface area contributed by atoms with Gasteiger partial charge in [0.05, 0.1) is 5.56 Å². The molecule has 0 unspecified atom stereocenters. The number of fused-ring (bicyclic) bond motifs is 1. The van der Waals surface area contributed by atoms with Crippen LogP contribution < -0.4 is 11.3 Å². The first-order valence-corrected chi connectivity index (χ1v) is 9.35. The van der Waals surface area contributed by atoms with Crippen molar-refractivity contribution < 1.29 is 9.90 Å². The van der Waals surface area contributed by atoms with E-state index in [9.17, 15) is 9.90 Å². The predicted octanol–water partition coefficient (Wildman–Crippen LogP) is 2.51. The summed E-state index contributed by atoms with van der Waals surface area (Å²) in [6.45, 7) is 6.87. The topological polar surface area (TPSA) is 78.6 Å². The summed E-state index contributed by atoms with van der Waals surface area (Å²) in [7, 11) is 2.09. The Morgan fingerprint density at radius 1 is 1.42 bits per heavy atom. The Labute approximate surface area is 147 Å². The van der Waals surface area contributed by atoms with E-state index in [1.54, 1.807) is 11.3 Å². The number of carbonyl (C=O) groups is 1. The van der Waals surface area contributed by atoms with Crippen LogP contribution in [-0.4, -0.2) is 42.7 Å². The van der Waals surface area contributed by atoms with Crippen LogP contribution in [-0.2, 0) is 12.8 Å². The third-order valence-electron chi connectivity index (χ3n) is 5.21. The first kappa shape index (κ1) is 17.6. The smallest absolute Gasteiger partial charge is 0.337 e. The molecule has 0 spiro atoms. The lowest BCUT2D eigenvalue weighted by atomic mass is 9.75. The van der Waals surface area contributed by atoms with Gasteiger partial charge in [-0.1, -0.05) is 13.8 Å². The van der Waals surface area contributed by atoms with Crippen molar-refractivity contribution in [2.45, 2.75) is 39.5 Å². The van der Waals surface area contributed by atoms with Gasteiger partial charge in [0.15, 0.2) is 0 Å². The number of nitrogens with zero attached hydrogens (tertiary/aromatic N) is 1. The van der Waals surface area contributed by atoms with Crippen LogP contribution in [0.25, 0.3) is 5.57 Å². The zero-order chi connectivity index (χ0) is 17.5. The minimum absolute atomic E-state index is 0.179. The number of carboxylic acid groups (broad SMARTS) is 1. The molecule has 0 radical (unpaired) electrons. The normalized spacial score (nSPS) is 21.0. The second-order valence-corrected chi connectivity index (χ2v) is 8.91. The van der Waals surface area contributed by atoms with E-state index < -0.39 is 5.97 Å². The third kappa shape index (κ3) is 3.28. The number of aryl methyl sites for hydroxylation is 1. The fourth-order valence-electron chi connectivity index (χ4n) is 3.90. The van der Waals surface area contributed by atoms with Gasteiger partial charge in [-0.25, -0.2) is 4.79 Å². The van der Waals surface area contributed by atoms with Crippen LogP contribution in [0.15, 0.2) is 5.57 Å². The molecule has 24 heavy (non-hydrogen) atoms. The minimum atomic E-state index is -0.785. The molecule has 5 nitrogen and oxygen atoms in total. The lowest BCUT2D eigenvalue weighted by Gasteiger charge is -2.29. The van der Waals surface area contributed by atoms with Crippen molar-refractivity contribution >= 4 is 22.9 Å². The molecule has 0 atom stereocenters. The lowest BCUT2D eigenvalue weighted by Crippen LogP contribution is -2.34. The molecule has 0 bridgehead atoms. The molecule has 0 saturated carbocycles. The average Bonchev–Trinajstić information content (AvgIpc) is 2.84. The Bertz CT molecular complexity index is 691. The van der Waals surface area contributed by atoms with E-state index in [1.165, 1.54) is 16.0 Å². The molecule has 0 fully saturated rings. The average molecular weight is 350 g/mol. The van der Waals surface area contributed by atoms with Gasteiger partial charge >= 0.3 is 5.97 Å². The molecule has 1 aliphatic carbocycles. The molecule has 3 rings (SSSR count). The zero-order valence-corrected chi connectivity index (χ0v) is 15.6. The molecule has 0 amide bonds. The summed E-state index contributed by atoms with van der Waals surface area (Å²) in [4.78, 5) is 16.6. The van der Waals surface area contributed by atoms with Crippen LogP contribution in [0.3, 0.4) is 0 Å². The maximum absolute atomic E-state index is 12.1. The highest BCUT2D eigenvalue weighted by atomic mass is 32.1. The van der Waals surface area contributed by atoms with Gasteiger partial charge in [-0.15, -0.1) is 11.3 Å². The fraction of sp³-hybridized carbons (Fsp3) is 0.611. The molecule has 132 valence electrons. The van der Waals surface area contributed by atoms with E-state index in [0.29, 0.717) is 12.1 Å². The number of likely N-dealkylation sites (N-methyl/N-ethyl adjacent to an activating group) is 1. The standard InChI is InChI=1S/C18H27N3O2S/c1-18(2)6-4-14-13(8-18)15(17(22)23)16(24-14)12-5-7-21(3)10-11(12)9-20-19/h20H,4-10,19H2,1-3H3,(H,22,23). The second kappa shape index (κ2) is 6.59. The lowest BCUT2D eigenvalue weighted by molar-refractivity contribution is 0.0695. The largest absolute Gasteiger partial charge is 0.478 e. The molecule has 2 heterocycles. The van der Waals surface area contributed by atoms with Gasteiger partial charge in [-0.05, 0) is 54.9 Å². The fourth-order valence-corrected chi connectivity index (χ4v) is 5.33. The van der Waals surface area contributed by atoms with Crippen molar-refractivity contribution in [3.8, 4) is 0 Å². The SMILES string of the molecule is CN1CCC(c2sc3c(c2C(=O)O)CC(C)(C)CC3)=C(CNN)C1. The Morgan fingerprint density at radius 2 is 2.17 bits per heavy atom. The number of thiophene rings is 1. The monoisotopic (exact) mass is 349 g/mol. The van der Waals surface area contributed by atoms with Gasteiger partial charge in [0.2, 0.25) is 0 Å². The highest BCUT2D eigenvalue weighted by Gasteiger charge is 2.34. The van der Waals surface area contributed by atoms with E-state index in [1.807, 2.05) is 0 Å². The van der Waals surface area contributed by atoms with E-state index in [2.05, 4.69) is 31.2 Å². The molecule has 0 aromatic carbocycles. The number of hydrogen-bond acceptors (Lipinski definition) is 5. The molecule has 0 saturated heterocycles. The highest BCUT2D eigenvalue weighted by molar-refractivity contribution is 7.13. The number of carboxylic acids is 1. The van der Waals surface area contributed by atoms with Crippen LogP contribution in [0.5, 0.6) is 0 Å². The first-order valence-electron chi connectivity index (χ1n) is 8.53. The quantitative estimate of drug-likeness (QED) is 0.575. The van der Waals surface area contributed by atoms with Gasteiger partial charge in [-0.2, -0.15) is 0 Å². The number of hydrazine groups is 1. The maximum atomic E-state index is 12.1. The van der Waals surface area contributed by atoms with E-state index >= 15 is 0 Å². The van der Waals surface area contributed by atoms with Crippen LogP contribution in [0.4, 0.5) is 0 Å². The number of nitrogens with one attached hydrogen (secondary N) is 1. The Balaban J connectivity index is 2.12. The molecule has 6 heteroatoms. The van der Waals surface area contributed by atoms with Crippen molar-refractivity contribution in [3.05, 3.63) is 26.5 Å². The van der Waals surface area contributed by atoms with Crippen molar-refractivity contribution in [1.29, 1.82) is 0 Å². The van der Waals surface area contributed by atoms with Gasteiger partial charge in [0.1, 0.15) is 0 Å². The highest BCUT2D eigenvalue weighted by Crippen LogP contribution is 2.45. The molecule has 1 aromatic rings. The summed E-state index contributed by atoms with van der Waals surface area (Å²) in [6.07, 6.45) is 3.86. The van der Waals surface area contributed by atoms with Gasteiger partial charge in [-0.3, -0.25) is 11.3 Å². The summed E-state index contributed by atoms with van der Waals surface area (Å²) in [5, 5.41) is 9.91. The van der Waals surface area contributed by atoms with E-state index in [-0.39, 0.29) is 5.41 Å². The molecular formula is C18H27N3O2S. The number of aromatic carboxylic acids is 1. The number of rotatable bonds is 4. The van der Waals surface area contributed by atoms with Crippen LogP contribution in [0.1, 0.15) is 52.4 Å². The molecule has 2 aliphatic rings. The van der Waals surface area contributed by atoms with E-state index in [0.717, 1.165) is 49.2 Å². The summed E-state index contributed by atoms with van der Waals surface area (Å²) in [5.41, 5.74) is 6.97. The van der Waals surface area contributed by atoms with Crippen LogP contribution in [0, 0.1) is 5.41 Å². The Morgan fingerprint density at radius 3 is 2.83 bits per heavy atom.